The summed E-state index contributed by atoms with van der Waals surface area (Å²) in [6.45, 7) is 3.27. The maximum Gasteiger partial charge on any atom is 0.237 e. The summed E-state index contributed by atoms with van der Waals surface area (Å²) in [5, 5.41) is 0. The normalized spacial score (nSPS) is 18.0. The average Bonchev–Trinajstić information content (AvgIpc) is 3.20. The van der Waals surface area contributed by atoms with Gasteiger partial charge in [0, 0.05) is 37.9 Å². The molecule has 0 unspecified atom stereocenters. The van der Waals surface area contributed by atoms with Gasteiger partial charge in [-0.2, -0.15) is 0 Å². The van der Waals surface area contributed by atoms with Crippen LogP contribution in [0.5, 0.6) is 0 Å². The van der Waals surface area contributed by atoms with E-state index in [1.165, 1.54) is 0 Å². The van der Waals surface area contributed by atoms with Crippen molar-refractivity contribution in [3.05, 3.63) is 90.1 Å². The summed E-state index contributed by atoms with van der Waals surface area (Å²) >= 11 is 0. The van der Waals surface area contributed by atoms with E-state index in [9.17, 15) is 4.79 Å². The molecule has 6 nitrogen and oxygen atoms in total. The van der Waals surface area contributed by atoms with Gasteiger partial charge in [-0.25, -0.2) is 0 Å². The molecule has 3 aromatic rings. The van der Waals surface area contributed by atoms with Gasteiger partial charge in [0.1, 0.15) is 0 Å². The van der Waals surface area contributed by atoms with E-state index in [4.69, 9.17) is 9.15 Å². The van der Waals surface area contributed by atoms with Crippen LogP contribution < -0.4 is 0 Å². The Bertz CT molecular complexity index is 884. The molecule has 0 saturated carbocycles. The lowest BCUT2D eigenvalue weighted by atomic mass is 10.2. The van der Waals surface area contributed by atoms with Gasteiger partial charge in [0.2, 0.25) is 5.91 Å². The molecule has 6 heteroatoms. The van der Waals surface area contributed by atoms with E-state index in [0.29, 0.717) is 39.3 Å². The van der Waals surface area contributed by atoms with Crippen molar-refractivity contribution in [1.29, 1.82) is 0 Å². The van der Waals surface area contributed by atoms with Crippen LogP contribution in [0.3, 0.4) is 0 Å². The van der Waals surface area contributed by atoms with Crippen LogP contribution in [0.4, 0.5) is 0 Å². The Labute approximate surface area is 170 Å². The topological polar surface area (TPSA) is 58.8 Å². The lowest BCUT2D eigenvalue weighted by molar-refractivity contribution is -0.132. The number of hydrogen-bond donors (Lipinski definition) is 0. The molecule has 1 aromatic carbocycles. The van der Waals surface area contributed by atoms with E-state index in [1.54, 1.807) is 18.7 Å². The molecule has 1 amide bonds. The number of ether oxygens (including phenoxy) is 1. The predicted octanol–water partition coefficient (Wildman–Crippen LogP) is 3.10. The van der Waals surface area contributed by atoms with Crippen LogP contribution >= 0.6 is 0 Å². The molecule has 1 atom stereocenters. The molecular formula is C23H25N3O3. The standard InChI is InChI=1S/C23H25N3O3/c27-23-16-25(12-20-9-11-28-17-20)14-22(29-18-21-8-4-5-10-24-21)15-26(23)13-19-6-2-1-3-7-19/h1-11,17,22H,12-16,18H2/t22-/m0/s1. The van der Waals surface area contributed by atoms with Gasteiger partial charge in [0.05, 0.1) is 37.5 Å². The summed E-state index contributed by atoms with van der Waals surface area (Å²) in [6.07, 6.45) is 5.05. The van der Waals surface area contributed by atoms with Crippen molar-refractivity contribution in [2.45, 2.75) is 25.8 Å². The van der Waals surface area contributed by atoms with Crippen molar-refractivity contribution in [2.24, 2.45) is 0 Å². The van der Waals surface area contributed by atoms with Gasteiger partial charge in [0.15, 0.2) is 0 Å². The second-order valence-corrected chi connectivity index (χ2v) is 7.32. The third kappa shape index (κ3) is 5.53. The number of benzene rings is 1. The molecule has 0 radical (unpaired) electrons. The van der Waals surface area contributed by atoms with Crippen LogP contribution in [-0.2, 0) is 29.2 Å². The molecule has 0 aliphatic carbocycles. The van der Waals surface area contributed by atoms with E-state index in [0.717, 1.165) is 16.8 Å². The zero-order chi connectivity index (χ0) is 19.9. The molecule has 0 spiro atoms. The Morgan fingerprint density at radius 3 is 2.62 bits per heavy atom. The maximum absolute atomic E-state index is 13.0. The summed E-state index contributed by atoms with van der Waals surface area (Å²) in [5.74, 6) is 0.112. The molecule has 29 heavy (non-hydrogen) atoms. The maximum atomic E-state index is 13.0. The highest BCUT2D eigenvalue weighted by molar-refractivity contribution is 5.78. The molecule has 1 aliphatic rings. The van der Waals surface area contributed by atoms with E-state index >= 15 is 0 Å². The minimum atomic E-state index is -0.0981. The molecule has 1 fully saturated rings. The minimum Gasteiger partial charge on any atom is -0.472 e. The van der Waals surface area contributed by atoms with Gasteiger partial charge in [0.25, 0.3) is 0 Å². The van der Waals surface area contributed by atoms with Crippen molar-refractivity contribution in [1.82, 2.24) is 14.8 Å². The van der Waals surface area contributed by atoms with Gasteiger partial charge in [-0.15, -0.1) is 0 Å². The van der Waals surface area contributed by atoms with Crippen LogP contribution in [-0.4, -0.2) is 46.4 Å². The summed E-state index contributed by atoms with van der Waals surface area (Å²) in [7, 11) is 0. The molecule has 4 rings (SSSR count). The smallest absolute Gasteiger partial charge is 0.237 e. The Kier molecular flexibility index (Phi) is 6.34. The fourth-order valence-electron chi connectivity index (χ4n) is 3.56. The Balaban J connectivity index is 1.47. The fourth-order valence-corrected chi connectivity index (χ4v) is 3.56. The number of pyridine rings is 1. The molecule has 2 aromatic heterocycles. The first-order valence-corrected chi connectivity index (χ1v) is 9.83. The summed E-state index contributed by atoms with van der Waals surface area (Å²) < 4.78 is 11.4. The lowest BCUT2D eigenvalue weighted by Gasteiger charge is -2.25. The third-order valence-electron chi connectivity index (χ3n) is 4.99. The first-order chi connectivity index (χ1) is 14.3. The van der Waals surface area contributed by atoms with E-state index in [-0.39, 0.29) is 12.0 Å². The highest BCUT2D eigenvalue weighted by atomic mass is 16.5. The van der Waals surface area contributed by atoms with Gasteiger partial charge in [-0.1, -0.05) is 36.4 Å². The van der Waals surface area contributed by atoms with Crippen LogP contribution in [0.2, 0.25) is 0 Å². The summed E-state index contributed by atoms with van der Waals surface area (Å²) in [6, 6.07) is 17.8. The average molecular weight is 391 g/mol. The van der Waals surface area contributed by atoms with Crippen LogP contribution in [0.25, 0.3) is 0 Å². The summed E-state index contributed by atoms with van der Waals surface area (Å²) in [4.78, 5) is 21.3. The zero-order valence-electron chi connectivity index (χ0n) is 16.3. The lowest BCUT2D eigenvalue weighted by Crippen LogP contribution is -2.37. The number of nitrogens with zero attached hydrogens (tertiary/aromatic N) is 3. The van der Waals surface area contributed by atoms with Gasteiger partial charge in [-0.05, 0) is 23.8 Å². The van der Waals surface area contributed by atoms with E-state index in [1.807, 2.05) is 59.5 Å². The second-order valence-electron chi connectivity index (χ2n) is 7.32. The van der Waals surface area contributed by atoms with Crippen molar-refractivity contribution in [3.8, 4) is 0 Å². The van der Waals surface area contributed by atoms with Crippen molar-refractivity contribution in [3.63, 3.8) is 0 Å². The molecule has 150 valence electrons. The molecular weight excluding hydrogens is 366 g/mol. The van der Waals surface area contributed by atoms with Crippen LogP contribution in [0.1, 0.15) is 16.8 Å². The van der Waals surface area contributed by atoms with Gasteiger partial charge >= 0.3 is 0 Å². The van der Waals surface area contributed by atoms with Crippen molar-refractivity contribution >= 4 is 5.91 Å². The van der Waals surface area contributed by atoms with Gasteiger partial charge in [-0.3, -0.25) is 14.7 Å². The zero-order valence-corrected chi connectivity index (χ0v) is 16.3. The number of carbonyl (C=O) groups excluding carboxylic acids is 1. The second kappa shape index (κ2) is 9.49. The number of hydrogen-bond acceptors (Lipinski definition) is 5. The molecule has 3 heterocycles. The number of rotatable bonds is 7. The Morgan fingerprint density at radius 2 is 1.86 bits per heavy atom. The molecule has 0 bridgehead atoms. The first-order valence-electron chi connectivity index (χ1n) is 9.83. The first kappa shape index (κ1) is 19.4. The molecule has 0 N–H and O–H groups in total. The third-order valence-corrected chi connectivity index (χ3v) is 4.99. The van der Waals surface area contributed by atoms with Crippen LogP contribution in [0, 0.1) is 0 Å². The van der Waals surface area contributed by atoms with E-state index < -0.39 is 0 Å². The minimum absolute atomic E-state index is 0.0981. The number of aromatic nitrogens is 1. The number of amides is 1. The molecule has 1 aliphatic heterocycles. The quantitative estimate of drug-likeness (QED) is 0.619. The summed E-state index contributed by atoms with van der Waals surface area (Å²) in [5.41, 5.74) is 3.06. The van der Waals surface area contributed by atoms with Crippen molar-refractivity contribution in [2.75, 3.05) is 19.6 Å². The SMILES string of the molecule is O=C1CN(Cc2ccoc2)C[C@H](OCc2ccccn2)CN1Cc1ccccc1. The van der Waals surface area contributed by atoms with Gasteiger partial charge < -0.3 is 14.1 Å². The van der Waals surface area contributed by atoms with Crippen molar-refractivity contribution < 1.29 is 13.9 Å². The molecule has 1 saturated heterocycles. The fraction of sp³-hybridized carbons (Fsp3) is 0.304. The highest BCUT2D eigenvalue weighted by Gasteiger charge is 2.28. The number of furan rings is 1. The number of carbonyl (C=O) groups is 1. The Morgan fingerprint density at radius 1 is 1.00 bits per heavy atom. The Hall–Kier alpha value is -2.96. The highest BCUT2D eigenvalue weighted by Crippen LogP contribution is 2.16. The monoisotopic (exact) mass is 391 g/mol. The van der Waals surface area contributed by atoms with E-state index in [2.05, 4.69) is 9.88 Å². The van der Waals surface area contributed by atoms with Crippen LogP contribution in [0.15, 0.2) is 77.7 Å². The predicted molar refractivity (Wildman–Crippen MR) is 109 cm³/mol. The largest absolute Gasteiger partial charge is 0.472 e.